The van der Waals surface area contributed by atoms with E-state index < -0.39 is 11.2 Å². The molecule has 1 atom stereocenters. The molecule has 0 radical (unpaired) electrons. The van der Waals surface area contributed by atoms with E-state index in [1.165, 1.54) is 39.6 Å². The van der Waals surface area contributed by atoms with E-state index in [2.05, 4.69) is 33.2 Å². The summed E-state index contributed by atoms with van der Waals surface area (Å²) in [6.07, 6.45) is 4.83. The lowest BCUT2D eigenvalue weighted by molar-refractivity contribution is 0.449. The second-order valence-corrected chi connectivity index (χ2v) is 10.4. The van der Waals surface area contributed by atoms with Gasteiger partial charge in [0.25, 0.3) is 5.56 Å². The number of rotatable bonds is 5. The Morgan fingerprint density at radius 3 is 2.78 bits per heavy atom. The molecule has 4 heterocycles. The topological polar surface area (TPSA) is 103 Å². The Balaban J connectivity index is 1.40. The second-order valence-electron chi connectivity index (χ2n) is 8.31. The number of imidazole rings is 1. The van der Waals surface area contributed by atoms with Crippen molar-refractivity contribution in [2.45, 2.75) is 43.5 Å². The van der Waals surface area contributed by atoms with Crippen molar-refractivity contribution in [3.8, 4) is 10.7 Å². The lowest BCUT2D eigenvalue weighted by atomic mass is 9.87. The summed E-state index contributed by atoms with van der Waals surface area (Å²) >= 11 is 3.34. The highest BCUT2D eigenvalue weighted by Gasteiger charge is 2.23. The van der Waals surface area contributed by atoms with Gasteiger partial charge in [0.2, 0.25) is 0 Å². The summed E-state index contributed by atoms with van der Waals surface area (Å²) in [6, 6.07) is 2.29. The summed E-state index contributed by atoms with van der Waals surface area (Å²) in [7, 11) is 5.37. The average molecular weight is 472 g/mol. The molecule has 0 bridgehead atoms. The van der Waals surface area contributed by atoms with Gasteiger partial charge in [-0.1, -0.05) is 25.1 Å². The zero-order valence-electron chi connectivity index (χ0n) is 18.5. The highest BCUT2D eigenvalue weighted by Crippen LogP contribution is 2.38. The smallest absolute Gasteiger partial charge is 0.325 e. The van der Waals surface area contributed by atoms with E-state index in [1.54, 1.807) is 18.7 Å². The first-order valence-corrected chi connectivity index (χ1v) is 12.5. The maximum absolute atomic E-state index is 12.2. The number of nitrogens with zero attached hydrogens (tertiary/aromatic N) is 6. The van der Waals surface area contributed by atoms with Crippen LogP contribution in [0.5, 0.6) is 0 Å². The minimum atomic E-state index is -0.471. The molecule has 168 valence electrons. The Morgan fingerprint density at radius 2 is 2.00 bits per heavy atom. The van der Waals surface area contributed by atoms with Crippen molar-refractivity contribution >= 4 is 34.3 Å². The van der Waals surface area contributed by atoms with Crippen molar-refractivity contribution in [1.29, 1.82) is 0 Å². The van der Waals surface area contributed by atoms with Crippen LogP contribution >= 0.6 is 23.1 Å². The molecule has 0 unspecified atom stereocenters. The molecule has 4 aromatic rings. The molecule has 0 amide bonds. The van der Waals surface area contributed by atoms with Gasteiger partial charge in [0.05, 0.1) is 10.6 Å². The monoisotopic (exact) mass is 471 g/mol. The summed E-state index contributed by atoms with van der Waals surface area (Å²) in [5, 5.41) is 9.65. The van der Waals surface area contributed by atoms with Gasteiger partial charge in [-0.2, -0.15) is 0 Å². The third-order valence-corrected chi connectivity index (χ3v) is 8.62. The summed E-state index contributed by atoms with van der Waals surface area (Å²) in [4.78, 5) is 33.6. The minimum absolute atomic E-state index is 0.380. The van der Waals surface area contributed by atoms with Crippen LogP contribution in [0.1, 0.15) is 36.0 Å². The summed E-state index contributed by atoms with van der Waals surface area (Å²) < 4.78 is 5.10. The Bertz CT molecular complexity index is 1440. The SMILES string of the molecule is CC[C@H]1CCc2sc(-c3nnc(SCc4nc5c(c(=O)[nH]c(=O)n5C)n4C)n3C)cc2C1. The third kappa shape index (κ3) is 3.43. The number of aryl methyl sites for hydroxylation is 3. The number of thiophene rings is 1. The van der Waals surface area contributed by atoms with Gasteiger partial charge >= 0.3 is 5.69 Å². The Kier molecular flexibility index (Phi) is 5.32. The van der Waals surface area contributed by atoms with Crippen molar-refractivity contribution in [2.75, 3.05) is 0 Å². The van der Waals surface area contributed by atoms with Crippen LogP contribution in [-0.4, -0.2) is 33.9 Å². The predicted octanol–water partition coefficient (Wildman–Crippen LogP) is 2.62. The number of hydrogen-bond donors (Lipinski definition) is 1. The van der Waals surface area contributed by atoms with Gasteiger partial charge in [-0.3, -0.25) is 14.3 Å². The van der Waals surface area contributed by atoms with Crippen LogP contribution in [0, 0.1) is 5.92 Å². The highest BCUT2D eigenvalue weighted by atomic mass is 32.2. The molecule has 0 spiro atoms. The maximum Gasteiger partial charge on any atom is 0.329 e. The lowest BCUT2D eigenvalue weighted by Gasteiger charge is -2.19. The quantitative estimate of drug-likeness (QED) is 0.449. The Labute approximate surface area is 192 Å². The molecule has 0 saturated heterocycles. The molecule has 0 aromatic carbocycles. The molecule has 4 aromatic heterocycles. The van der Waals surface area contributed by atoms with E-state index in [9.17, 15) is 9.59 Å². The van der Waals surface area contributed by atoms with Crippen molar-refractivity contribution in [1.82, 2.24) is 33.9 Å². The molecule has 1 aliphatic carbocycles. The summed E-state index contributed by atoms with van der Waals surface area (Å²) in [6.45, 7) is 2.27. The number of aromatic amines is 1. The summed E-state index contributed by atoms with van der Waals surface area (Å²) in [5.74, 6) is 2.86. The first-order chi connectivity index (χ1) is 15.4. The molecule has 5 rings (SSSR count). The number of fused-ring (bicyclic) bond motifs is 2. The number of H-pyrrole nitrogens is 1. The maximum atomic E-state index is 12.2. The van der Waals surface area contributed by atoms with Crippen LogP contribution in [0.2, 0.25) is 0 Å². The van der Waals surface area contributed by atoms with Crippen LogP contribution in [0.4, 0.5) is 0 Å². The molecular weight excluding hydrogens is 446 g/mol. The zero-order valence-corrected chi connectivity index (χ0v) is 20.1. The van der Waals surface area contributed by atoms with Gasteiger partial charge in [0, 0.05) is 26.0 Å². The number of thioether (sulfide) groups is 1. The van der Waals surface area contributed by atoms with Crippen LogP contribution < -0.4 is 11.2 Å². The van der Waals surface area contributed by atoms with E-state index in [-0.39, 0.29) is 0 Å². The van der Waals surface area contributed by atoms with Gasteiger partial charge in [-0.05, 0) is 36.8 Å². The molecule has 0 saturated carbocycles. The largest absolute Gasteiger partial charge is 0.329 e. The number of hydrogen-bond acceptors (Lipinski definition) is 7. The van der Waals surface area contributed by atoms with Gasteiger partial charge in [0.1, 0.15) is 5.82 Å². The average Bonchev–Trinajstić information content (AvgIpc) is 3.45. The molecule has 0 fully saturated rings. The van der Waals surface area contributed by atoms with E-state index in [4.69, 9.17) is 0 Å². The lowest BCUT2D eigenvalue weighted by Crippen LogP contribution is -2.29. The van der Waals surface area contributed by atoms with Crippen LogP contribution in [0.15, 0.2) is 20.8 Å². The fourth-order valence-electron chi connectivity index (χ4n) is 4.32. The van der Waals surface area contributed by atoms with Gasteiger partial charge in [-0.25, -0.2) is 9.78 Å². The second kappa shape index (κ2) is 8.04. The zero-order chi connectivity index (χ0) is 22.6. The number of aromatic nitrogens is 7. The summed E-state index contributed by atoms with van der Waals surface area (Å²) in [5.41, 5.74) is 1.33. The minimum Gasteiger partial charge on any atom is -0.325 e. The van der Waals surface area contributed by atoms with Gasteiger partial charge in [-0.15, -0.1) is 21.5 Å². The first-order valence-electron chi connectivity index (χ1n) is 10.7. The fraction of sp³-hybridized carbons (Fsp3) is 0.476. The van der Waals surface area contributed by atoms with E-state index in [0.717, 1.165) is 34.6 Å². The molecule has 11 heteroatoms. The molecule has 32 heavy (non-hydrogen) atoms. The van der Waals surface area contributed by atoms with E-state index in [1.807, 2.05) is 23.0 Å². The first kappa shape index (κ1) is 21.2. The fourth-order valence-corrected chi connectivity index (χ4v) is 6.45. The van der Waals surface area contributed by atoms with Gasteiger partial charge in [0.15, 0.2) is 22.1 Å². The Hall–Kier alpha value is -2.66. The van der Waals surface area contributed by atoms with Crippen molar-refractivity contribution in [3.63, 3.8) is 0 Å². The predicted molar refractivity (Wildman–Crippen MR) is 126 cm³/mol. The molecule has 1 N–H and O–H groups in total. The van der Waals surface area contributed by atoms with Gasteiger partial charge < -0.3 is 9.13 Å². The van der Waals surface area contributed by atoms with Crippen molar-refractivity contribution in [2.24, 2.45) is 27.1 Å². The highest BCUT2D eigenvalue weighted by molar-refractivity contribution is 7.98. The van der Waals surface area contributed by atoms with Crippen LogP contribution in [-0.2, 0) is 39.7 Å². The number of nitrogens with one attached hydrogen (secondary N) is 1. The van der Waals surface area contributed by atoms with E-state index >= 15 is 0 Å². The van der Waals surface area contributed by atoms with Crippen LogP contribution in [0.3, 0.4) is 0 Å². The molecular formula is C21H25N7O2S2. The van der Waals surface area contributed by atoms with Crippen molar-refractivity contribution < 1.29 is 0 Å². The molecule has 0 aliphatic heterocycles. The van der Waals surface area contributed by atoms with Crippen molar-refractivity contribution in [3.05, 3.63) is 43.2 Å². The standard InChI is InChI=1S/C21H25N7O2S2/c1-5-11-6-7-13-12(8-11)9-14(32-13)17-24-25-21(28(17)4)31-10-15-22-18-16(26(15)2)19(29)23-20(30)27(18)3/h9,11H,5-8,10H2,1-4H3,(H,23,29,30)/t11-/m0/s1. The van der Waals surface area contributed by atoms with E-state index in [0.29, 0.717) is 22.7 Å². The third-order valence-electron chi connectivity index (χ3n) is 6.38. The molecule has 1 aliphatic rings. The normalized spacial score (nSPS) is 16.1. The molecule has 9 nitrogen and oxygen atoms in total. The van der Waals surface area contributed by atoms with Crippen LogP contribution in [0.25, 0.3) is 21.9 Å². The Morgan fingerprint density at radius 1 is 1.19 bits per heavy atom.